The molecule has 0 aliphatic heterocycles. The van der Waals surface area contributed by atoms with Gasteiger partial charge in [-0.05, 0) is 122 Å². The van der Waals surface area contributed by atoms with Crippen LogP contribution in [0.2, 0.25) is 0 Å². The van der Waals surface area contributed by atoms with Crippen LogP contribution in [0.4, 0.5) is 0 Å². The lowest BCUT2D eigenvalue weighted by Crippen LogP contribution is -2.30. The van der Waals surface area contributed by atoms with E-state index in [9.17, 15) is 28.9 Å². The largest absolute Gasteiger partial charge is 0.472 e. The number of rotatable bonds is 63. The molecule has 0 heterocycles. The van der Waals surface area contributed by atoms with Gasteiger partial charge in [-0.25, -0.2) is 4.57 Å². The van der Waals surface area contributed by atoms with Crippen LogP contribution in [0.15, 0.2) is 97.2 Å². The summed E-state index contributed by atoms with van der Waals surface area (Å²) in [6.45, 7) is 4.50. The second kappa shape index (κ2) is 65.4. The molecule has 0 radical (unpaired) electrons. The average Bonchev–Trinajstić information content (AvgIpc) is 3.53. The van der Waals surface area contributed by atoms with Gasteiger partial charge in [0.15, 0.2) is 6.10 Å². The lowest BCUT2D eigenvalue weighted by molar-refractivity contribution is -0.161. The normalized spacial score (nSPS) is 13.8. The van der Waals surface area contributed by atoms with Crippen molar-refractivity contribution < 1.29 is 52.2 Å². The molecule has 0 aliphatic carbocycles. The highest BCUT2D eigenvalue weighted by Crippen LogP contribution is 2.43. The molecule has 0 aliphatic rings. The van der Waals surface area contributed by atoms with E-state index in [0.717, 1.165) is 103 Å². The van der Waals surface area contributed by atoms with Crippen LogP contribution in [0.3, 0.4) is 0 Å². The van der Waals surface area contributed by atoms with Crippen molar-refractivity contribution in [2.45, 2.75) is 315 Å². The predicted molar refractivity (Wildman–Crippen MR) is 353 cm³/mol. The van der Waals surface area contributed by atoms with Gasteiger partial charge in [-0.3, -0.25) is 23.4 Å². The molecule has 12 heteroatoms. The van der Waals surface area contributed by atoms with Crippen LogP contribution in [0.1, 0.15) is 303 Å². The number of esters is 3. The molecule has 3 unspecified atom stereocenters. The summed E-state index contributed by atoms with van der Waals surface area (Å²) in [5.41, 5.74) is 0. The Hall–Kier alpha value is -3.60. The highest BCUT2D eigenvalue weighted by molar-refractivity contribution is 7.47. The number of carbonyl (C=O) groups is 3. The highest BCUT2D eigenvalue weighted by Gasteiger charge is 2.28. The molecule has 2 N–H and O–H groups in total. The zero-order chi connectivity index (χ0) is 61.2. The number of phosphoric acid groups is 1. The number of hydrogen-bond acceptors (Lipinski definition) is 10. The maximum atomic E-state index is 13.0. The Labute approximate surface area is 514 Å². The van der Waals surface area contributed by atoms with Gasteiger partial charge in [0.25, 0.3) is 0 Å². The van der Waals surface area contributed by atoms with Crippen molar-refractivity contribution in [1.29, 1.82) is 0 Å². The Bertz CT molecular complexity index is 1780. The van der Waals surface area contributed by atoms with Crippen LogP contribution < -0.4 is 0 Å². The molecule has 84 heavy (non-hydrogen) atoms. The zero-order valence-electron chi connectivity index (χ0n) is 53.8. The molecular formula is C72H125O11P. The van der Waals surface area contributed by atoms with E-state index in [1.54, 1.807) is 0 Å². The topological polar surface area (TPSA) is 155 Å². The van der Waals surface area contributed by atoms with Crippen molar-refractivity contribution in [2.24, 2.45) is 0 Å². The Morgan fingerprint density at radius 1 is 0.345 bits per heavy atom. The van der Waals surface area contributed by atoms with Crippen LogP contribution in [-0.4, -0.2) is 66.5 Å². The molecule has 0 aromatic carbocycles. The van der Waals surface area contributed by atoms with E-state index in [1.807, 2.05) is 0 Å². The van der Waals surface area contributed by atoms with Crippen molar-refractivity contribution in [3.05, 3.63) is 97.2 Å². The predicted octanol–water partition coefficient (Wildman–Crippen LogP) is 21.2. The minimum Gasteiger partial charge on any atom is -0.462 e. The number of unbranched alkanes of at least 4 members (excludes halogenated alkanes) is 30. The molecule has 0 aromatic heterocycles. The standard InChI is InChI=1S/C72H125O11P/c1-4-7-10-13-16-19-22-25-28-31-34-37-40-43-46-49-52-55-58-61-70(74)79-65-69(83-72(76)63-60-57-54-51-48-45-42-39-36-33-30-27-24-21-18-15-12-9-6-3)67-81-84(77,78)80-66-68(64-73)82-71(75)62-59-56-53-50-47-44-41-38-35-32-29-26-23-20-17-14-11-8-5-2/h9,12,17-18,20-21,25-30,36,39,45,48,68-69,73H,4-8,10-11,13-16,19,22-24,31-35,37-38,40-44,46-47,49-67H2,1-3H3,(H,77,78)/b12-9-,20-17-,21-18-,28-25-,29-26-,30-27-,39-36-,48-45-. The van der Waals surface area contributed by atoms with Gasteiger partial charge in [-0.2, -0.15) is 0 Å². The van der Waals surface area contributed by atoms with Crippen molar-refractivity contribution in [3.63, 3.8) is 0 Å². The van der Waals surface area contributed by atoms with Gasteiger partial charge in [-0.15, -0.1) is 0 Å². The number of carbonyl (C=O) groups excluding carboxylic acids is 3. The van der Waals surface area contributed by atoms with Gasteiger partial charge in [-0.1, -0.05) is 259 Å². The lowest BCUT2D eigenvalue weighted by Gasteiger charge is -2.21. The molecule has 11 nitrogen and oxygen atoms in total. The third-order valence-corrected chi connectivity index (χ3v) is 15.4. The molecule has 0 amide bonds. The molecular weight excluding hydrogens is 1070 g/mol. The molecule has 0 saturated heterocycles. The fraction of sp³-hybridized carbons (Fsp3) is 0.736. The van der Waals surface area contributed by atoms with E-state index in [0.29, 0.717) is 19.3 Å². The van der Waals surface area contributed by atoms with E-state index < -0.39 is 57.8 Å². The maximum absolute atomic E-state index is 13.0. The SMILES string of the molecule is CC/C=C\C/C=C\C/C=C\C/C=C\C/C=C\CCCCCC(=O)OC(COC(=O)CCCCCCCCCCC/C=C\CCCCCCCC)COP(=O)(O)OCC(CO)OC(=O)CCCCCCCCCCC/C=C\C/C=C\CCCCC. The van der Waals surface area contributed by atoms with Gasteiger partial charge >= 0.3 is 25.7 Å². The summed E-state index contributed by atoms with van der Waals surface area (Å²) >= 11 is 0. The number of aliphatic hydroxyl groups excluding tert-OH is 1. The second-order valence-electron chi connectivity index (χ2n) is 22.6. The molecule has 0 bridgehead atoms. The summed E-state index contributed by atoms with van der Waals surface area (Å²) in [5, 5.41) is 9.88. The first kappa shape index (κ1) is 80.4. The maximum Gasteiger partial charge on any atom is 0.472 e. The summed E-state index contributed by atoms with van der Waals surface area (Å²) in [5.74, 6) is -1.50. The highest BCUT2D eigenvalue weighted by atomic mass is 31.2. The van der Waals surface area contributed by atoms with E-state index in [2.05, 4.69) is 118 Å². The average molecular weight is 1200 g/mol. The van der Waals surface area contributed by atoms with Crippen LogP contribution in [0, 0.1) is 0 Å². The summed E-state index contributed by atoms with van der Waals surface area (Å²) in [6, 6.07) is 0. The second-order valence-corrected chi connectivity index (χ2v) is 24.1. The smallest absolute Gasteiger partial charge is 0.462 e. The van der Waals surface area contributed by atoms with Gasteiger partial charge in [0.05, 0.1) is 19.8 Å². The fourth-order valence-corrected chi connectivity index (χ4v) is 10.1. The lowest BCUT2D eigenvalue weighted by atomic mass is 10.1. The first-order chi connectivity index (χ1) is 41.2. The molecule has 0 aromatic rings. The van der Waals surface area contributed by atoms with E-state index in [-0.39, 0.29) is 25.9 Å². The Morgan fingerprint density at radius 3 is 1.00 bits per heavy atom. The quantitative estimate of drug-likeness (QED) is 0.0197. The number of ether oxygens (including phenoxy) is 3. The summed E-state index contributed by atoms with van der Waals surface area (Å²) < 4.78 is 39.8. The van der Waals surface area contributed by atoms with Crippen LogP contribution >= 0.6 is 7.82 Å². The van der Waals surface area contributed by atoms with Crippen LogP contribution in [-0.2, 0) is 42.2 Å². The van der Waals surface area contributed by atoms with E-state index in [1.165, 1.54) is 141 Å². The van der Waals surface area contributed by atoms with Gasteiger partial charge in [0.2, 0.25) is 0 Å². The third kappa shape index (κ3) is 62.9. The molecule has 0 rings (SSSR count). The number of aliphatic hydroxyl groups is 1. The number of phosphoric ester groups is 1. The number of allylic oxidation sites excluding steroid dienone is 16. The summed E-state index contributed by atoms with van der Waals surface area (Å²) in [6.07, 6.45) is 79.2. The van der Waals surface area contributed by atoms with Crippen molar-refractivity contribution in [1.82, 2.24) is 0 Å². The molecule has 0 fully saturated rings. The Morgan fingerprint density at radius 2 is 0.619 bits per heavy atom. The Kier molecular flexibility index (Phi) is 62.6. The van der Waals surface area contributed by atoms with Gasteiger partial charge < -0.3 is 24.2 Å². The van der Waals surface area contributed by atoms with Gasteiger partial charge in [0.1, 0.15) is 12.7 Å². The third-order valence-electron chi connectivity index (χ3n) is 14.5. The van der Waals surface area contributed by atoms with Crippen molar-refractivity contribution in [2.75, 3.05) is 26.4 Å². The molecule has 484 valence electrons. The first-order valence-corrected chi connectivity index (χ1v) is 35.6. The van der Waals surface area contributed by atoms with E-state index >= 15 is 0 Å². The number of hydrogen-bond donors (Lipinski definition) is 2. The van der Waals surface area contributed by atoms with Crippen LogP contribution in [0.25, 0.3) is 0 Å². The zero-order valence-corrected chi connectivity index (χ0v) is 54.7. The first-order valence-electron chi connectivity index (χ1n) is 34.1. The van der Waals surface area contributed by atoms with Crippen LogP contribution in [0.5, 0.6) is 0 Å². The summed E-state index contributed by atoms with van der Waals surface area (Å²) in [7, 11) is -4.77. The van der Waals surface area contributed by atoms with Crippen molar-refractivity contribution >= 4 is 25.7 Å². The van der Waals surface area contributed by atoms with Crippen molar-refractivity contribution in [3.8, 4) is 0 Å². The monoisotopic (exact) mass is 1200 g/mol. The minimum atomic E-state index is -4.77. The summed E-state index contributed by atoms with van der Waals surface area (Å²) in [4.78, 5) is 48.9. The molecule has 3 atom stereocenters. The fourth-order valence-electron chi connectivity index (χ4n) is 9.29. The Balaban J connectivity index is 4.73. The van der Waals surface area contributed by atoms with Gasteiger partial charge in [0, 0.05) is 19.3 Å². The van der Waals surface area contributed by atoms with E-state index in [4.69, 9.17) is 23.3 Å². The molecule has 0 spiro atoms. The molecule has 0 saturated carbocycles. The minimum absolute atomic E-state index is 0.125.